The van der Waals surface area contributed by atoms with E-state index in [0.29, 0.717) is 17.0 Å². The molecule has 0 saturated heterocycles. The molecule has 1 aromatic rings. The van der Waals surface area contributed by atoms with E-state index in [0.717, 1.165) is 25.7 Å². The molecule has 1 saturated carbocycles. The highest BCUT2D eigenvalue weighted by molar-refractivity contribution is 6.30. The fraction of sp³-hybridized carbons (Fsp3) is 0.533. The van der Waals surface area contributed by atoms with E-state index in [4.69, 9.17) is 11.6 Å². The summed E-state index contributed by atoms with van der Waals surface area (Å²) in [6, 6.07) is 7.19. The molecule has 1 fully saturated rings. The fourth-order valence-electron chi connectivity index (χ4n) is 2.76. The van der Waals surface area contributed by atoms with E-state index in [-0.39, 0.29) is 11.2 Å². The van der Waals surface area contributed by atoms with Crippen LogP contribution in [-0.2, 0) is 6.42 Å². The highest BCUT2D eigenvalue weighted by Crippen LogP contribution is 2.38. The van der Waals surface area contributed by atoms with Crippen LogP contribution in [0.1, 0.15) is 44.1 Å². The van der Waals surface area contributed by atoms with Gasteiger partial charge in [-0.2, -0.15) is 5.26 Å². The standard InChI is InChI=1S/C15H17ClFN/c16-13-6-5-12(14(17)9-13)10-15(11-18)7-3-1-2-4-8-15/h5-6,9H,1-4,7-8,10H2. The number of hydrogen-bond donors (Lipinski definition) is 0. The quantitative estimate of drug-likeness (QED) is 0.699. The van der Waals surface area contributed by atoms with Gasteiger partial charge in [0.25, 0.3) is 0 Å². The summed E-state index contributed by atoms with van der Waals surface area (Å²) in [6.07, 6.45) is 6.79. The van der Waals surface area contributed by atoms with Gasteiger partial charge in [-0.05, 0) is 37.0 Å². The molecule has 1 nitrogen and oxygen atoms in total. The number of rotatable bonds is 2. The van der Waals surface area contributed by atoms with Gasteiger partial charge in [-0.1, -0.05) is 43.4 Å². The SMILES string of the molecule is N#CC1(Cc2ccc(Cl)cc2F)CCCCCC1. The number of benzene rings is 1. The number of nitrogens with zero attached hydrogens (tertiary/aromatic N) is 1. The number of halogens is 2. The summed E-state index contributed by atoms with van der Waals surface area (Å²) in [5.41, 5.74) is 0.230. The Labute approximate surface area is 113 Å². The molecule has 0 heterocycles. The Morgan fingerprint density at radius 2 is 1.89 bits per heavy atom. The molecule has 0 N–H and O–H groups in total. The van der Waals surface area contributed by atoms with Crippen molar-refractivity contribution in [3.63, 3.8) is 0 Å². The Morgan fingerprint density at radius 1 is 1.22 bits per heavy atom. The Morgan fingerprint density at radius 3 is 2.44 bits per heavy atom. The third kappa shape index (κ3) is 3.03. The summed E-state index contributed by atoms with van der Waals surface area (Å²) in [6.45, 7) is 0. The second-order valence-corrected chi connectivity index (χ2v) is 5.66. The van der Waals surface area contributed by atoms with Gasteiger partial charge in [-0.15, -0.1) is 0 Å². The minimum Gasteiger partial charge on any atom is -0.207 e. The Kier molecular flexibility index (Phi) is 4.24. The molecule has 3 heteroatoms. The molecule has 0 spiro atoms. The molecule has 0 aliphatic heterocycles. The lowest BCUT2D eigenvalue weighted by Crippen LogP contribution is -2.21. The highest BCUT2D eigenvalue weighted by Gasteiger charge is 2.31. The van der Waals surface area contributed by atoms with Crippen LogP contribution >= 0.6 is 11.6 Å². The van der Waals surface area contributed by atoms with Gasteiger partial charge in [0, 0.05) is 5.02 Å². The van der Waals surface area contributed by atoms with Gasteiger partial charge in [0.05, 0.1) is 11.5 Å². The molecule has 2 rings (SSSR count). The molecular weight excluding hydrogens is 249 g/mol. The Bertz CT molecular complexity index is 456. The smallest absolute Gasteiger partial charge is 0.127 e. The maximum absolute atomic E-state index is 13.8. The normalized spacial score (nSPS) is 18.9. The summed E-state index contributed by atoms with van der Waals surface area (Å²) < 4.78 is 13.8. The van der Waals surface area contributed by atoms with Crippen molar-refractivity contribution in [1.29, 1.82) is 5.26 Å². The van der Waals surface area contributed by atoms with Crippen LogP contribution in [0.5, 0.6) is 0 Å². The summed E-state index contributed by atoms with van der Waals surface area (Å²) >= 11 is 5.75. The predicted molar refractivity (Wildman–Crippen MR) is 70.9 cm³/mol. The van der Waals surface area contributed by atoms with Crippen molar-refractivity contribution in [1.82, 2.24) is 0 Å². The summed E-state index contributed by atoms with van der Waals surface area (Å²) in [4.78, 5) is 0. The molecule has 1 aliphatic carbocycles. The lowest BCUT2D eigenvalue weighted by atomic mass is 9.76. The van der Waals surface area contributed by atoms with Crippen molar-refractivity contribution in [3.8, 4) is 6.07 Å². The van der Waals surface area contributed by atoms with Crippen LogP contribution in [0.4, 0.5) is 4.39 Å². The zero-order chi connectivity index (χ0) is 13.0. The van der Waals surface area contributed by atoms with Gasteiger partial charge < -0.3 is 0 Å². The van der Waals surface area contributed by atoms with Gasteiger partial charge in [0.15, 0.2) is 0 Å². The van der Waals surface area contributed by atoms with Crippen molar-refractivity contribution >= 4 is 11.6 Å². The fourth-order valence-corrected chi connectivity index (χ4v) is 2.92. The third-order valence-electron chi connectivity index (χ3n) is 3.84. The predicted octanol–water partition coefficient (Wildman–Crippen LogP) is 4.89. The van der Waals surface area contributed by atoms with Crippen LogP contribution in [-0.4, -0.2) is 0 Å². The maximum atomic E-state index is 13.8. The van der Waals surface area contributed by atoms with E-state index in [1.54, 1.807) is 12.1 Å². The molecule has 0 unspecified atom stereocenters. The van der Waals surface area contributed by atoms with Gasteiger partial charge in [0.1, 0.15) is 5.82 Å². The summed E-state index contributed by atoms with van der Waals surface area (Å²) in [5, 5.41) is 9.88. The second-order valence-electron chi connectivity index (χ2n) is 5.22. The van der Waals surface area contributed by atoms with Crippen LogP contribution < -0.4 is 0 Å². The van der Waals surface area contributed by atoms with Gasteiger partial charge in [-0.3, -0.25) is 0 Å². The molecule has 1 aliphatic rings. The van der Waals surface area contributed by atoms with Crippen molar-refractivity contribution in [2.45, 2.75) is 44.9 Å². The highest BCUT2D eigenvalue weighted by atomic mass is 35.5. The van der Waals surface area contributed by atoms with Crippen LogP contribution in [0.25, 0.3) is 0 Å². The van der Waals surface area contributed by atoms with E-state index < -0.39 is 0 Å². The average molecular weight is 266 g/mol. The molecule has 0 radical (unpaired) electrons. The van der Waals surface area contributed by atoms with E-state index in [9.17, 15) is 9.65 Å². The third-order valence-corrected chi connectivity index (χ3v) is 4.08. The minimum atomic E-state index is -0.384. The minimum absolute atomic E-state index is 0.290. The first-order chi connectivity index (χ1) is 8.65. The topological polar surface area (TPSA) is 23.8 Å². The Hall–Kier alpha value is -1.07. The molecule has 0 atom stereocenters. The van der Waals surface area contributed by atoms with E-state index >= 15 is 0 Å². The van der Waals surface area contributed by atoms with Gasteiger partial charge >= 0.3 is 0 Å². The van der Waals surface area contributed by atoms with Gasteiger partial charge in [-0.25, -0.2) is 4.39 Å². The monoisotopic (exact) mass is 265 g/mol. The van der Waals surface area contributed by atoms with E-state index in [1.807, 2.05) is 0 Å². The van der Waals surface area contributed by atoms with Crippen LogP contribution in [0.15, 0.2) is 18.2 Å². The van der Waals surface area contributed by atoms with Crippen LogP contribution in [0.2, 0.25) is 5.02 Å². The van der Waals surface area contributed by atoms with Gasteiger partial charge in [0.2, 0.25) is 0 Å². The van der Waals surface area contributed by atoms with Crippen molar-refractivity contribution in [2.24, 2.45) is 5.41 Å². The molecule has 0 bridgehead atoms. The number of hydrogen-bond acceptors (Lipinski definition) is 1. The van der Waals surface area contributed by atoms with Crippen molar-refractivity contribution < 1.29 is 4.39 Å². The first-order valence-electron chi connectivity index (χ1n) is 6.50. The zero-order valence-electron chi connectivity index (χ0n) is 10.4. The lowest BCUT2D eigenvalue weighted by Gasteiger charge is -2.25. The van der Waals surface area contributed by atoms with E-state index in [2.05, 4.69) is 6.07 Å². The summed E-state index contributed by atoms with van der Waals surface area (Å²) in [5.74, 6) is -0.290. The van der Waals surface area contributed by atoms with Crippen LogP contribution in [0, 0.1) is 22.6 Å². The zero-order valence-corrected chi connectivity index (χ0v) is 11.1. The second kappa shape index (κ2) is 5.71. The van der Waals surface area contributed by atoms with Crippen molar-refractivity contribution in [3.05, 3.63) is 34.6 Å². The largest absolute Gasteiger partial charge is 0.207 e. The maximum Gasteiger partial charge on any atom is 0.127 e. The molecule has 0 aromatic heterocycles. The molecule has 18 heavy (non-hydrogen) atoms. The first-order valence-corrected chi connectivity index (χ1v) is 6.88. The molecular formula is C15H17ClFN. The number of nitriles is 1. The lowest BCUT2D eigenvalue weighted by molar-refractivity contribution is 0.334. The molecule has 96 valence electrons. The average Bonchev–Trinajstić information content (AvgIpc) is 2.59. The van der Waals surface area contributed by atoms with E-state index in [1.165, 1.54) is 18.9 Å². The van der Waals surface area contributed by atoms with Crippen LogP contribution in [0.3, 0.4) is 0 Å². The molecule has 1 aromatic carbocycles. The Balaban J connectivity index is 2.21. The van der Waals surface area contributed by atoms with Crippen molar-refractivity contribution in [2.75, 3.05) is 0 Å². The summed E-state index contributed by atoms with van der Waals surface area (Å²) in [7, 11) is 0. The molecule has 0 amide bonds. The first kappa shape index (κ1) is 13.4.